The summed E-state index contributed by atoms with van der Waals surface area (Å²) in [6.07, 6.45) is 4.34. The molecule has 1 saturated carbocycles. The van der Waals surface area contributed by atoms with Gasteiger partial charge in [-0.2, -0.15) is 5.10 Å². The molecule has 3 nitrogen and oxygen atoms in total. The van der Waals surface area contributed by atoms with E-state index in [1.807, 2.05) is 19.1 Å². The summed E-state index contributed by atoms with van der Waals surface area (Å²) < 4.78 is 1.04. The average Bonchev–Trinajstić information content (AvgIpc) is 2.81. The summed E-state index contributed by atoms with van der Waals surface area (Å²) in [7, 11) is 0. The molecule has 2 aromatic rings. The molecular formula is C17H19ClN2OS. The van der Waals surface area contributed by atoms with Gasteiger partial charge in [-0.3, -0.25) is 4.79 Å². The molecule has 0 spiro atoms. The number of hydrogen-bond acceptors (Lipinski definition) is 3. The van der Waals surface area contributed by atoms with Crippen molar-refractivity contribution >= 4 is 44.6 Å². The van der Waals surface area contributed by atoms with Crippen LogP contribution < -0.4 is 5.43 Å². The maximum Gasteiger partial charge on any atom is 0.283 e. The van der Waals surface area contributed by atoms with Gasteiger partial charge in [0.25, 0.3) is 5.91 Å². The van der Waals surface area contributed by atoms with Crippen molar-refractivity contribution in [1.29, 1.82) is 0 Å². The summed E-state index contributed by atoms with van der Waals surface area (Å²) in [5.41, 5.74) is 4.93. The second kappa shape index (κ2) is 6.39. The lowest BCUT2D eigenvalue weighted by Gasteiger charge is -2.18. The molecule has 0 saturated heterocycles. The number of hydrazone groups is 1. The van der Waals surface area contributed by atoms with Crippen molar-refractivity contribution in [1.82, 2.24) is 5.43 Å². The Bertz CT molecular complexity index is 750. The molecule has 0 bridgehead atoms. The Morgan fingerprint density at radius 2 is 2.27 bits per heavy atom. The van der Waals surface area contributed by atoms with Crippen LogP contribution in [0.1, 0.15) is 47.8 Å². The normalized spacial score (nSPS) is 20.5. The SMILES string of the molecule is Cc1ccc2c(Cl)c(C(=O)NN=C3CCCC(C)C3)sc2c1. The number of amides is 1. The van der Waals surface area contributed by atoms with Crippen LogP contribution in [0.2, 0.25) is 5.02 Å². The maximum absolute atomic E-state index is 12.4. The van der Waals surface area contributed by atoms with Gasteiger partial charge < -0.3 is 0 Å². The van der Waals surface area contributed by atoms with Crippen molar-refractivity contribution in [2.75, 3.05) is 0 Å². The first-order valence-corrected chi connectivity index (χ1v) is 8.78. The number of aryl methyl sites for hydroxylation is 1. The lowest BCUT2D eigenvalue weighted by molar-refractivity contribution is 0.0958. The molecule has 1 aromatic heterocycles. The van der Waals surface area contributed by atoms with Gasteiger partial charge in [0.2, 0.25) is 0 Å². The van der Waals surface area contributed by atoms with E-state index in [1.165, 1.54) is 17.8 Å². The molecular weight excluding hydrogens is 316 g/mol. The third-order valence-electron chi connectivity index (χ3n) is 4.05. The highest BCUT2D eigenvalue weighted by Crippen LogP contribution is 2.35. The van der Waals surface area contributed by atoms with E-state index in [-0.39, 0.29) is 5.91 Å². The number of benzene rings is 1. The van der Waals surface area contributed by atoms with E-state index in [1.54, 1.807) is 0 Å². The monoisotopic (exact) mass is 334 g/mol. The van der Waals surface area contributed by atoms with E-state index in [4.69, 9.17) is 11.6 Å². The van der Waals surface area contributed by atoms with Gasteiger partial charge in [-0.1, -0.05) is 30.7 Å². The third-order valence-corrected chi connectivity index (χ3v) is 5.71. The van der Waals surface area contributed by atoms with Crippen LogP contribution in [0.5, 0.6) is 0 Å². The molecule has 1 fully saturated rings. The van der Waals surface area contributed by atoms with Crippen molar-refractivity contribution < 1.29 is 4.79 Å². The maximum atomic E-state index is 12.4. The average molecular weight is 335 g/mol. The smallest absolute Gasteiger partial charge is 0.266 e. The molecule has 0 aliphatic heterocycles. The molecule has 116 valence electrons. The number of hydrogen-bond donors (Lipinski definition) is 1. The molecule has 1 N–H and O–H groups in total. The summed E-state index contributed by atoms with van der Waals surface area (Å²) in [6, 6.07) is 6.03. The molecule has 5 heteroatoms. The molecule has 0 radical (unpaired) electrons. The highest BCUT2D eigenvalue weighted by Gasteiger charge is 2.18. The molecule has 1 aliphatic rings. The van der Waals surface area contributed by atoms with Gasteiger partial charge in [-0.25, -0.2) is 5.43 Å². The summed E-state index contributed by atoms with van der Waals surface area (Å²) in [5.74, 6) is 0.440. The fourth-order valence-electron chi connectivity index (χ4n) is 2.86. The highest BCUT2D eigenvalue weighted by molar-refractivity contribution is 7.21. The Balaban J connectivity index is 1.80. The quantitative estimate of drug-likeness (QED) is 0.757. The van der Waals surface area contributed by atoms with Crippen molar-refractivity contribution in [3.05, 3.63) is 33.7 Å². The second-order valence-corrected chi connectivity index (χ2v) is 7.50. The van der Waals surface area contributed by atoms with Crippen LogP contribution in [0.25, 0.3) is 10.1 Å². The van der Waals surface area contributed by atoms with Gasteiger partial charge in [0.15, 0.2) is 0 Å². The number of thiophene rings is 1. The summed E-state index contributed by atoms with van der Waals surface area (Å²) in [5, 5.41) is 5.76. The van der Waals surface area contributed by atoms with Crippen LogP contribution in [0.3, 0.4) is 0 Å². The zero-order valence-corrected chi connectivity index (χ0v) is 14.4. The Kier molecular flexibility index (Phi) is 4.50. The van der Waals surface area contributed by atoms with Gasteiger partial charge in [0.1, 0.15) is 4.88 Å². The Hall–Kier alpha value is -1.39. The molecule has 1 unspecified atom stereocenters. The first-order valence-electron chi connectivity index (χ1n) is 7.59. The second-order valence-electron chi connectivity index (χ2n) is 6.07. The van der Waals surface area contributed by atoms with Crippen LogP contribution in [0.15, 0.2) is 23.3 Å². The topological polar surface area (TPSA) is 41.5 Å². The van der Waals surface area contributed by atoms with E-state index >= 15 is 0 Å². The van der Waals surface area contributed by atoms with E-state index < -0.39 is 0 Å². The molecule has 1 atom stereocenters. The summed E-state index contributed by atoms with van der Waals surface area (Å²) in [4.78, 5) is 12.9. The third kappa shape index (κ3) is 3.18. The van der Waals surface area contributed by atoms with Crippen molar-refractivity contribution in [3.63, 3.8) is 0 Å². The molecule has 1 amide bonds. The minimum atomic E-state index is -0.213. The fourth-order valence-corrected chi connectivity index (χ4v) is 4.37. The van der Waals surface area contributed by atoms with Gasteiger partial charge in [-0.15, -0.1) is 11.3 Å². The van der Waals surface area contributed by atoms with Gasteiger partial charge >= 0.3 is 0 Å². The number of halogens is 1. The predicted molar refractivity (Wildman–Crippen MR) is 94.1 cm³/mol. The number of fused-ring (bicyclic) bond motifs is 1. The summed E-state index contributed by atoms with van der Waals surface area (Å²) >= 11 is 7.77. The Labute approximate surface area is 139 Å². The lowest BCUT2D eigenvalue weighted by atomic mass is 9.89. The Morgan fingerprint density at radius 1 is 1.45 bits per heavy atom. The van der Waals surface area contributed by atoms with E-state index in [0.29, 0.717) is 15.8 Å². The minimum absolute atomic E-state index is 0.213. The molecule has 22 heavy (non-hydrogen) atoms. The molecule has 3 rings (SSSR count). The summed E-state index contributed by atoms with van der Waals surface area (Å²) in [6.45, 7) is 4.25. The van der Waals surface area contributed by atoms with Crippen LogP contribution in [-0.2, 0) is 0 Å². The van der Waals surface area contributed by atoms with E-state index in [9.17, 15) is 4.79 Å². The van der Waals surface area contributed by atoms with Crippen molar-refractivity contribution in [3.8, 4) is 0 Å². The van der Waals surface area contributed by atoms with E-state index in [0.717, 1.165) is 40.6 Å². The molecule has 1 aromatic carbocycles. The Morgan fingerprint density at radius 3 is 3.05 bits per heavy atom. The number of nitrogens with zero attached hydrogens (tertiary/aromatic N) is 1. The van der Waals surface area contributed by atoms with E-state index in [2.05, 4.69) is 23.5 Å². The zero-order valence-electron chi connectivity index (χ0n) is 12.8. The van der Waals surface area contributed by atoms with Gasteiger partial charge in [0, 0.05) is 15.8 Å². The number of carbonyl (C=O) groups is 1. The van der Waals surface area contributed by atoms with Crippen molar-refractivity contribution in [2.24, 2.45) is 11.0 Å². The van der Waals surface area contributed by atoms with Gasteiger partial charge in [0.05, 0.1) is 5.02 Å². The lowest BCUT2D eigenvalue weighted by Crippen LogP contribution is -2.21. The highest BCUT2D eigenvalue weighted by atomic mass is 35.5. The van der Waals surface area contributed by atoms with Crippen LogP contribution in [-0.4, -0.2) is 11.6 Å². The largest absolute Gasteiger partial charge is 0.283 e. The number of nitrogens with one attached hydrogen (secondary N) is 1. The van der Waals surface area contributed by atoms with Gasteiger partial charge in [-0.05, 0) is 50.2 Å². The van der Waals surface area contributed by atoms with Crippen LogP contribution in [0, 0.1) is 12.8 Å². The van der Waals surface area contributed by atoms with Crippen LogP contribution in [0.4, 0.5) is 0 Å². The predicted octanol–water partition coefficient (Wildman–Crippen LogP) is 5.16. The van der Waals surface area contributed by atoms with Crippen LogP contribution >= 0.6 is 22.9 Å². The van der Waals surface area contributed by atoms with Crippen molar-refractivity contribution in [2.45, 2.75) is 39.5 Å². The number of carbonyl (C=O) groups excluding carboxylic acids is 1. The minimum Gasteiger partial charge on any atom is -0.266 e. The first kappa shape index (κ1) is 15.5. The zero-order chi connectivity index (χ0) is 15.7. The standard InChI is InChI=1S/C17H19ClN2OS/c1-10-4-3-5-12(8-10)19-20-17(21)16-15(18)13-7-6-11(2)9-14(13)22-16/h6-7,9-10H,3-5,8H2,1-2H3,(H,20,21). The molecule has 1 heterocycles. The molecule has 1 aliphatic carbocycles. The fraction of sp³-hybridized carbons (Fsp3) is 0.412. The number of rotatable bonds is 2. The first-order chi connectivity index (χ1) is 10.5.